The van der Waals surface area contributed by atoms with Crippen LogP contribution in [0.4, 0.5) is 0 Å². The van der Waals surface area contributed by atoms with E-state index in [0.717, 1.165) is 12.8 Å². The highest BCUT2D eigenvalue weighted by molar-refractivity contribution is 6.74. The SMILES string of the molecule is CC1CC(O[Si](C)(C)C(C)(C)C)CCC1=O. The van der Waals surface area contributed by atoms with Crippen LogP contribution in [0.25, 0.3) is 0 Å². The molecule has 0 radical (unpaired) electrons. The monoisotopic (exact) mass is 242 g/mol. The molecule has 94 valence electrons. The smallest absolute Gasteiger partial charge is 0.192 e. The number of carbonyl (C=O) groups is 1. The summed E-state index contributed by atoms with van der Waals surface area (Å²) in [7, 11) is -1.66. The molecule has 0 aromatic carbocycles. The molecule has 16 heavy (non-hydrogen) atoms. The highest BCUT2D eigenvalue weighted by atomic mass is 28.4. The molecule has 2 nitrogen and oxygen atoms in total. The van der Waals surface area contributed by atoms with E-state index < -0.39 is 8.32 Å². The second kappa shape index (κ2) is 4.61. The molecule has 0 amide bonds. The molecule has 0 bridgehead atoms. The van der Waals surface area contributed by atoms with Gasteiger partial charge in [0, 0.05) is 18.4 Å². The normalized spacial score (nSPS) is 28.2. The number of hydrogen-bond donors (Lipinski definition) is 0. The minimum atomic E-state index is -1.66. The van der Waals surface area contributed by atoms with Crippen LogP contribution in [0.3, 0.4) is 0 Å². The van der Waals surface area contributed by atoms with Crippen molar-refractivity contribution >= 4 is 14.1 Å². The maximum absolute atomic E-state index is 11.5. The summed E-state index contributed by atoms with van der Waals surface area (Å²) < 4.78 is 6.35. The van der Waals surface area contributed by atoms with Crippen LogP contribution in [0.5, 0.6) is 0 Å². The van der Waals surface area contributed by atoms with E-state index in [1.807, 2.05) is 6.92 Å². The summed E-state index contributed by atoms with van der Waals surface area (Å²) in [6.07, 6.45) is 2.87. The molecule has 1 fully saturated rings. The lowest BCUT2D eigenvalue weighted by Crippen LogP contribution is -2.45. The van der Waals surface area contributed by atoms with E-state index in [1.165, 1.54) is 0 Å². The second-order valence-corrected chi connectivity index (χ2v) is 11.4. The summed E-state index contributed by atoms with van der Waals surface area (Å²) in [5, 5.41) is 0.262. The molecule has 0 aromatic heterocycles. The molecular formula is C13H26O2Si. The van der Waals surface area contributed by atoms with Crippen LogP contribution in [0.2, 0.25) is 18.1 Å². The summed E-state index contributed by atoms with van der Waals surface area (Å²) in [5.41, 5.74) is 0. The summed E-state index contributed by atoms with van der Waals surface area (Å²) >= 11 is 0. The van der Waals surface area contributed by atoms with Gasteiger partial charge in [-0.25, -0.2) is 0 Å². The van der Waals surface area contributed by atoms with E-state index in [0.29, 0.717) is 18.3 Å². The van der Waals surface area contributed by atoms with Crippen molar-refractivity contribution in [1.29, 1.82) is 0 Å². The molecule has 1 aliphatic carbocycles. The van der Waals surface area contributed by atoms with Gasteiger partial charge in [-0.3, -0.25) is 4.79 Å². The molecule has 0 heterocycles. The van der Waals surface area contributed by atoms with Crippen LogP contribution in [0.1, 0.15) is 47.0 Å². The zero-order valence-corrected chi connectivity index (χ0v) is 12.6. The van der Waals surface area contributed by atoms with Gasteiger partial charge in [0.2, 0.25) is 0 Å². The Morgan fingerprint density at radius 3 is 2.31 bits per heavy atom. The molecule has 1 saturated carbocycles. The van der Waals surface area contributed by atoms with Crippen LogP contribution in [0, 0.1) is 5.92 Å². The first kappa shape index (κ1) is 13.9. The number of ketones is 1. The van der Waals surface area contributed by atoms with Crippen LogP contribution in [-0.4, -0.2) is 20.2 Å². The van der Waals surface area contributed by atoms with Crippen molar-refractivity contribution in [3.8, 4) is 0 Å². The molecular weight excluding hydrogens is 216 g/mol. The lowest BCUT2D eigenvalue weighted by atomic mass is 9.88. The Balaban J connectivity index is 2.59. The Morgan fingerprint density at radius 1 is 1.31 bits per heavy atom. The first-order valence-electron chi connectivity index (χ1n) is 6.34. The van der Waals surface area contributed by atoms with Crippen molar-refractivity contribution in [2.45, 2.75) is 71.2 Å². The van der Waals surface area contributed by atoms with Crippen LogP contribution < -0.4 is 0 Å². The fraction of sp³-hybridized carbons (Fsp3) is 0.923. The van der Waals surface area contributed by atoms with Crippen LogP contribution in [-0.2, 0) is 9.22 Å². The van der Waals surface area contributed by atoms with E-state index in [2.05, 4.69) is 33.9 Å². The molecule has 0 saturated heterocycles. The summed E-state index contributed by atoms with van der Waals surface area (Å²) in [4.78, 5) is 11.5. The minimum absolute atomic E-state index is 0.198. The van der Waals surface area contributed by atoms with E-state index in [4.69, 9.17) is 4.43 Å². The van der Waals surface area contributed by atoms with Gasteiger partial charge < -0.3 is 4.43 Å². The molecule has 2 unspecified atom stereocenters. The van der Waals surface area contributed by atoms with Crippen molar-refractivity contribution < 1.29 is 9.22 Å². The van der Waals surface area contributed by atoms with Gasteiger partial charge in [0.05, 0.1) is 0 Å². The fourth-order valence-electron chi connectivity index (χ4n) is 1.89. The van der Waals surface area contributed by atoms with Crippen LogP contribution in [0.15, 0.2) is 0 Å². The molecule has 0 spiro atoms. The Bertz CT molecular complexity index is 266. The number of Topliss-reactive ketones (excluding diaryl/α,β-unsaturated/α-hetero) is 1. The van der Waals surface area contributed by atoms with Crippen molar-refractivity contribution in [1.82, 2.24) is 0 Å². The highest BCUT2D eigenvalue weighted by Gasteiger charge is 2.40. The predicted molar refractivity (Wildman–Crippen MR) is 70.1 cm³/mol. The first-order valence-corrected chi connectivity index (χ1v) is 9.25. The van der Waals surface area contributed by atoms with Gasteiger partial charge >= 0.3 is 0 Å². The summed E-state index contributed by atoms with van der Waals surface area (Å²) in [6.45, 7) is 13.4. The molecule has 1 aliphatic rings. The average molecular weight is 242 g/mol. The molecule has 2 atom stereocenters. The Morgan fingerprint density at radius 2 is 1.88 bits per heavy atom. The van der Waals surface area contributed by atoms with Gasteiger partial charge in [-0.1, -0.05) is 27.7 Å². The zero-order chi connectivity index (χ0) is 12.6. The van der Waals surface area contributed by atoms with Gasteiger partial charge in [0.25, 0.3) is 0 Å². The molecule has 3 heteroatoms. The lowest BCUT2D eigenvalue weighted by molar-refractivity contribution is -0.126. The third kappa shape index (κ3) is 3.17. The fourth-order valence-corrected chi connectivity index (χ4v) is 3.29. The molecule has 0 aromatic rings. The van der Waals surface area contributed by atoms with Crippen molar-refractivity contribution in [3.05, 3.63) is 0 Å². The largest absolute Gasteiger partial charge is 0.414 e. The predicted octanol–water partition coefficient (Wildman–Crippen LogP) is 3.77. The average Bonchev–Trinajstić information content (AvgIpc) is 2.09. The topological polar surface area (TPSA) is 26.3 Å². The quantitative estimate of drug-likeness (QED) is 0.689. The van der Waals surface area contributed by atoms with Crippen molar-refractivity contribution in [2.75, 3.05) is 0 Å². The Kier molecular flexibility index (Phi) is 4.01. The molecule has 0 N–H and O–H groups in total. The zero-order valence-electron chi connectivity index (χ0n) is 11.6. The summed E-state index contributed by atoms with van der Waals surface area (Å²) in [5.74, 6) is 0.610. The van der Waals surface area contributed by atoms with E-state index in [-0.39, 0.29) is 11.0 Å². The molecule has 0 aliphatic heterocycles. The third-order valence-electron chi connectivity index (χ3n) is 4.15. The van der Waals surface area contributed by atoms with Crippen molar-refractivity contribution in [2.24, 2.45) is 5.92 Å². The first-order chi connectivity index (χ1) is 7.13. The summed E-state index contributed by atoms with van der Waals surface area (Å²) in [6, 6.07) is 0. The van der Waals surface area contributed by atoms with E-state index >= 15 is 0 Å². The standard InChI is InChI=1S/C13H26O2Si/c1-10-9-11(7-8-12(10)14)15-16(5,6)13(2,3)4/h10-11H,7-9H2,1-6H3. The van der Waals surface area contributed by atoms with Crippen LogP contribution >= 0.6 is 0 Å². The van der Waals surface area contributed by atoms with Gasteiger partial charge in [-0.2, -0.15) is 0 Å². The number of carbonyl (C=O) groups excluding carboxylic acids is 1. The van der Waals surface area contributed by atoms with Gasteiger partial charge in [0.15, 0.2) is 8.32 Å². The maximum atomic E-state index is 11.5. The molecule has 1 rings (SSSR count). The minimum Gasteiger partial charge on any atom is -0.414 e. The Labute approximate surface area is 101 Å². The third-order valence-corrected chi connectivity index (χ3v) is 8.68. The van der Waals surface area contributed by atoms with Gasteiger partial charge in [-0.15, -0.1) is 0 Å². The lowest BCUT2D eigenvalue weighted by Gasteiger charge is -2.41. The number of hydrogen-bond acceptors (Lipinski definition) is 2. The maximum Gasteiger partial charge on any atom is 0.192 e. The van der Waals surface area contributed by atoms with E-state index in [1.54, 1.807) is 0 Å². The van der Waals surface area contributed by atoms with Gasteiger partial charge in [0.1, 0.15) is 5.78 Å². The number of rotatable bonds is 2. The van der Waals surface area contributed by atoms with Crippen molar-refractivity contribution in [3.63, 3.8) is 0 Å². The Hall–Kier alpha value is -0.153. The second-order valence-electron chi connectivity index (χ2n) is 6.64. The van der Waals surface area contributed by atoms with E-state index in [9.17, 15) is 4.79 Å². The van der Waals surface area contributed by atoms with Gasteiger partial charge in [-0.05, 0) is 31.0 Å². The highest BCUT2D eigenvalue weighted by Crippen LogP contribution is 2.39.